The first-order valence-electron chi connectivity index (χ1n) is 7.84. The zero-order valence-electron chi connectivity index (χ0n) is 14.0. The van der Waals surface area contributed by atoms with Crippen LogP contribution in [0.1, 0.15) is 29.8 Å². The van der Waals surface area contributed by atoms with Crippen LogP contribution in [0.2, 0.25) is 0 Å². The van der Waals surface area contributed by atoms with Gasteiger partial charge in [-0.1, -0.05) is 35.0 Å². The number of hydrogen-bond donors (Lipinski definition) is 1. The number of rotatable bonds is 5. The van der Waals surface area contributed by atoms with Crippen LogP contribution in [0.25, 0.3) is 11.3 Å². The highest BCUT2D eigenvalue weighted by Gasteiger charge is 2.16. The molecule has 0 bridgehead atoms. The van der Waals surface area contributed by atoms with E-state index in [1.807, 2.05) is 57.3 Å². The minimum absolute atomic E-state index is 0.113. The van der Waals surface area contributed by atoms with Crippen LogP contribution < -0.4 is 5.32 Å². The first-order valence-corrected chi connectivity index (χ1v) is 7.84. The van der Waals surface area contributed by atoms with Gasteiger partial charge in [-0.3, -0.25) is 9.48 Å². The fourth-order valence-corrected chi connectivity index (χ4v) is 2.34. The molecule has 0 fully saturated rings. The van der Waals surface area contributed by atoms with Crippen LogP contribution in [0, 0.1) is 13.8 Å². The predicted octanol–water partition coefficient (Wildman–Crippen LogP) is 3.03. The topological polar surface area (TPSA) is 73.0 Å². The van der Waals surface area contributed by atoms with Gasteiger partial charge in [0.1, 0.15) is 11.7 Å². The molecule has 3 rings (SSSR count). The molecule has 0 spiro atoms. The number of aromatic nitrogens is 3. The Kier molecular flexibility index (Phi) is 4.46. The molecule has 6 nitrogen and oxygen atoms in total. The van der Waals surface area contributed by atoms with E-state index in [1.54, 1.807) is 10.9 Å². The van der Waals surface area contributed by atoms with Gasteiger partial charge in [0, 0.05) is 17.8 Å². The van der Waals surface area contributed by atoms with Crippen molar-refractivity contribution in [1.82, 2.24) is 20.3 Å². The van der Waals surface area contributed by atoms with Gasteiger partial charge in [0.15, 0.2) is 5.76 Å². The molecule has 0 unspecified atom stereocenters. The minimum atomic E-state index is -0.373. The molecule has 0 aliphatic rings. The first-order chi connectivity index (χ1) is 11.5. The van der Waals surface area contributed by atoms with Gasteiger partial charge in [-0.25, -0.2) is 0 Å². The van der Waals surface area contributed by atoms with E-state index in [9.17, 15) is 4.79 Å². The molecule has 0 saturated carbocycles. The second kappa shape index (κ2) is 6.70. The van der Waals surface area contributed by atoms with Crippen molar-refractivity contribution in [3.63, 3.8) is 0 Å². The van der Waals surface area contributed by atoms with E-state index in [2.05, 4.69) is 15.6 Å². The first kappa shape index (κ1) is 16.0. The number of amides is 1. The molecule has 0 aliphatic heterocycles. The number of hydrogen-bond acceptors (Lipinski definition) is 4. The standard InChI is InChI=1S/C18H20N4O2/c1-12-4-6-15(7-5-12)17-8-16(21-24-17)10-19-18(23)14(3)22-11-13(2)9-20-22/h4-9,11,14H,10H2,1-3H3,(H,19,23)/t14-/m0/s1. The van der Waals surface area contributed by atoms with Crippen molar-refractivity contribution in [2.45, 2.75) is 33.4 Å². The van der Waals surface area contributed by atoms with Gasteiger partial charge < -0.3 is 9.84 Å². The lowest BCUT2D eigenvalue weighted by atomic mass is 10.1. The molecular weight excluding hydrogens is 304 g/mol. The van der Waals surface area contributed by atoms with Crippen LogP contribution in [0.5, 0.6) is 0 Å². The van der Waals surface area contributed by atoms with Crippen molar-refractivity contribution in [2.24, 2.45) is 0 Å². The third-order valence-corrected chi connectivity index (χ3v) is 3.85. The normalized spacial score (nSPS) is 12.1. The molecular formula is C18H20N4O2. The number of nitrogens with one attached hydrogen (secondary N) is 1. The lowest BCUT2D eigenvalue weighted by Gasteiger charge is -2.11. The van der Waals surface area contributed by atoms with E-state index in [0.717, 1.165) is 11.1 Å². The number of nitrogens with zero attached hydrogens (tertiary/aromatic N) is 3. The molecule has 0 saturated heterocycles. The molecule has 6 heteroatoms. The van der Waals surface area contributed by atoms with Crippen LogP contribution >= 0.6 is 0 Å². The third-order valence-electron chi connectivity index (χ3n) is 3.85. The van der Waals surface area contributed by atoms with Gasteiger partial charge in [0.25, 0.3) is 0 Å². The molecule has 124 valence electrons. The largest absolute Gasteiger partial charge is 0.356 e. The fraction of sp³-hybridized carbons (Fsp3) is 0.278. The van der Waals surface area contributed by atoms with Gasteiger partial charge >= 0.3 is 0 Å². The Balaban J connectivity index is 1.61. The number of benzene rings is 1. The molecule has 0 radical (unpaired) electrons. The summed E-state index contributed by atoms with van der Waals surface area (Å²) in [5.74, 6) is 0.577. The second-order valence-electron chi connectivity index (χ2n) is 5.94. The Morgan fingerprint density at radius 2 is 2.00 bits per heavy atom. The molecule has 1 amide bonds. The monoisotopic (exact) mass is 324 g/mol. The number of carbonyl (C=O) groups excluding carboxylic acids is 1. The lowest BCUT2D eigenvalue weighted by Crippen LogP contribution is -2.30. The lowest BCUT2D eigenvalue weighted by molar-refractivity contribution is -0.124. The number of carbonyl (C=O) groups is 1. The van der Waals surface area contributed by atoms with Gasteiger partial charge in [-0.2, -0.15) is 5.10 Å². The van der Waals surface area contributed by atoms with E-state index in [4.69, 9.17) is 4.52 Å². The average molecular weight is 324 g/mol. The highest BCUT2D eigenvalue weighted by atomic mass is 16.5. The summed E-state index contributed by atoms with van der Waals surface area (Å²) in [4.78, 5) is 12.2. The van der Waals surface area contributed by atoms with Gasteiger partial charge in [-0.05, 0) is 26.3 Å². The van der Waals surface area contributed by atoms with Crippen molar-refractivity contribution in [3.8, 4) is 11.3 Å². The summed E-state index contributed by atoms with van der Waals surface area (Å²) >= 11 is 0. The molecule has 1 aromatic carbocycles. The maximum atomic E-state index is 12.2. The molecule has 2 heterocycles. The summed E-state index contributed by atoms with van der Waals surface area (Å²) in [6, 6.07) is 9.48. The Labute approximate surface area is 140 Å². The Morgan fingerprint density at radius 1 is 1.25 bits per heavy atom. The average Bonchev–Trinajstić information content (AvgIpc) is 3.22. The van der Waals surface area contributed by atoms with Crippen LogP contribution in [-0.4, -0.2) is 20.8 Å². The molecule has 24 heavy (non-hydrogen) atoms. The second-order valence-corrected chi connectivity index (χ2v) is 5.94. The zero-order valence-corrected chi connectivity index (χ0v) is 14.0. The molecule has 3 aromatic rings. The van der Waals surface area contributed by atoms with Crippen molar-refractivity contribution in [2.75, 3.05) is 0 Å². The summed E-state index contributed by atoms with van der Waals surface area (Å²) in [5.41, 5.74) is 3.86. The van der Waals surface area contributed by atoms with Crippen molar-refractivity contribution < 1.29 is 9.32 Å². The van der Waals surface area contributed by atoms with E-state index >= 15 is 0 Å². The summed E-state index contributed by atoms with van der Waals surface area (Å²) < 4.78 is 7.00. The van der Waals surface area contributed by atoms with Gasteiger partial charge in [0.05, 0.1) is 12.7 Å². The van der Waals surface area contributed by atoms with Crippen molar-refractivity contribution >= 4 is 5.91 Å². The van der Waals surface area contributed by atoms with Gasteiger partial charge in [0.2, 0.25) is 5.91 Å². The van der Waals surface area contributed by atoms with E-state index in [0.29, 0.717) is 18.0 Å². The van der Waals surface area contributed by atoms with Gasteiger partial charge in [-0.15, -0.1) is 0 Å². The van der Waals surface area contributed by atoms with Crippen LogP contribution in [0.4, 0.5) is 0 Å². The Hall–Kier alpha value is -2.89. The molecule has 1 atom stereocenters. The summed E-state index contributed by atoms with van der Waals surface area (Å²) in [6.45, 7) is 6.10. The van der Waals surface area contributed by atoms with E-state index < -0.39 is 0 Å². The summed E-state index contributed by atoms with van der Waals surface area (Å²) in [6.07, 6.45) is 3.57. The maximum absolute atomic E-state index is 12.2. The molecule has 2 aromatic heterocycles. The van der Waals surface area contributed by atoms with E-state index in [-0.39, 0.29) is 11.9 Å². The zero-order chi connectivity index (χ0) is 17.1. The number of aryl methyl sites for hydroxylation is 2. The minimum Gasteiger partial charge on any atom is -0.356 e. The quantitative estimate of drug-likeness (QED) is 0.783. The molecule has 0 aliphatic carbocycles. The third kappa shape index (κ3) is 3.53. The smallest absolute Gasteiger partial charge is 0.244 e. The van der Waals surface area contributed by atoms with Crippen molar-refractivity contribution in [3.05, 3.63) is 59.5 Å². The fourth-order valence-electron chi connectivity index (χ4n) is 2.34. The van der Waals surface area contributed by atoms with Crippen molar-refractivity contribution in [1.29, 1.82) is 0 Å². The van der Waals surface area contributed by atoms with E-state index in [1.165, 1.54) is 5.56 Å². The molecule has 1 N–H and O–H groups in total. The van der Waals surface area contributed by atoms with Crippen LogP contribution in [-0.2, 0) is 11.3 Å². The summed E-state index contributed by atoms with van der Waals surface area (Å²) in [7, 11) is 0. The highest BCUT2D eigenvalue weighted by Crippen LogP contribution is 2.20. The van der Waals surface area contributed by atoms with Crippen LogP contribution in [0.3, 0.4) is 0 Å². The van der Waals surface area contributed by atoms with Crippen LogP contribution in [0.15, 0.2) is 47.2 Å². The predicted molar refractivity (Wildman–Crippen MR) is 90.2 cm³/mol. The Bertz CT molecular complexity index is 833. The highest BCUT2D eigenvalue weighted by molar-refractivity contribution is 5.79. The maximum Gasteiger partial charge on any atom is 0.244 e. The Morgan fingerprint density at radius 3 is 2.67 bits per heavy atom. The SMILES string of the molecule is Cc1ccc(-c2cc(CNC(=O)[C@H](C)n3cc(C)cn3)no2)cc1. The summed E-state index contributed by atoms with van der Waals surface area (Å²) in [5, 5.41) is 11.0.